The van der Waals surface area contributed by atoms with Crippen molar-refractivity contribution >= 4 is 17.5 Å². The van der Waals surface area contributed by atoms with Crippen LogP contribution in [-0.4, -0.2) is 34.5 Å². The van der Waals surface area contributed by atoms with Crippen molar-refractivity contribution in [3.05, 3.63) is 16.3 Å². The predicted octanol–water partition coefficient (Wildman–Crippen LogP) is 1.66. The first-order chi connectivity index (χ1) is 8.13. The molecule has 1 N–H and O–H groups in total. The van der Waals surface area contributed by atoms with Crippen molar-refractivity contribution in [3.63, 3.8) is 0 Å². The molecule has 0 radical (unpaired) electrons. The molecule has 1 aromatic rings. The normalized spacial score (nSPS) is 10.1. The Bertz CT molecular complexity index is 392. The second kappa shape index (κ2) is 5.97. The summed E-state index contributed by atoms with van der Waals surface area (Å²) in [6.45, 7) is 7.79. The summed E-state index contributed by atoms with van der Waals surface area (Å²) >= 11 is 0. The minimum atomic E-state index is -0.455. The topological polar surface area (TPSA) is 84.2 Å². The number of rotatable bonds is 6. The summed E-state index contributed by atoms with van der Waals surface area (Å²) in [4.78, 5) is 20.4. The van der Waals surface area contributed by atoms with E-state index in [0.717, 1.165) is 0 Å². The molecule has 7 heteroatoms. The van der Waals surface area contributed by atoms with Gasteiger partial charge in [0.25, 0.3) is 0 Å². The monoisotopic (exact) mass is 239 g/mol. The summed E-state index contributed by atoms with van der Waals surface area (Å²) in [7, 11) is 0. The van der Waals surface area contributed by atoms with E-state index < -0.39 is 4.92 Å². The Kier molecular flexibility index (Phi) is 4.62. The van der Waals surface area contributed by atoms with Gasteiger partial charge in [0.15, 0.2) is 0 Å². The minimum Gasteiger partial charge on any atom is -0.354 e. The summed E-state index contributed by atoms with van der Waals surface area (Å²) in [5, 5.41) is 13.9. The Morgan fingerprint density at radius 1 is 1.41 bits per heavy atom. The third-order valence-corrected chi connectivity index (χ3v) is 2.34. The highest BCUT2D eigenvalue weighted by molar-refractivity contribution is 5.58. The standard InChI is InChI=1S/C10H17N5O2/c1-4-11-10-12-7-8(15(16)17)9(13-10)14(5-2)6-3/h7H,4-6H2,1-3H3,(H,11,12,13). The molecule has 1 rings (SSSR count). The number of nitrogens with one attached hydrogen (secondary N) is 1. The maximum atomic E-state index is 10.9. The van der Waals surface area contributed by atoms with E-state index in [-0.39, 0.29) is 5.69 Å². The molecule has 94 valence electrons. The fourth-order valence-electron chi connectivity index (χ4n) is 1.49. The fraction of sp³-hybridized carbons (Fsp3) is 0.600. The van der Waals surface area contributed by atoms with Gasteiger partial charge in [-0.2, -0.15) is 4.98 Å². The first kappa shape index (κ1) is 13.1. The summed E-state index contributed by atoms with van der Waals surface area (Å²) < 4.78 is 0. The van der Waals surface area contributed by atoms with E-state index in [2.05, 4.69) is 15.3 Å². The minimum absolute atomic E-state index is 0.0599. The van der Waals surface area contributed by atoms with Crippen LogP contribution >= 0.6 is 0 Å². The van der Waals surface area contributed by atoms with Crippen molar-refractivity contribution in [2.24, 2.45) is 0 Å². The Morgan fingerprint density at radius 2 is 2.06 bits per heavy atom. The van der Waals surface area contributed by atoms with Crippen molar-refractivity contribution < 1.29 is 4.92 Å². The summed E-state index contributed by atoms with van der Waals surface area (Å²) in [5.74, 6) is 0.783. The molecule has 1 heterocycles. The van der Waals surface area contributed by atoms with Gasteiger partial charge in [0.05, 0.1) is 4.92 Å². The van der Waals surface area contributed by atoms with Crippen LogP contribution in [-0.2, 0) is 0 Å². The number of anilines is 2. The van der Waals surface area contributed by atoms with Crippen LogP contribution in [0.2, 0.25) is 0 Å². The van der Waals surface area contributed by atoms with Crippen LogP contribution < -0.4 is 10.2 Å². The number of nitro groups is 1. The molecule has 7 nitrogen and oxygen atoms in total. The van der Waals surface area contributed by atoms with Gasteiger partial charge in [-0.1, -0.05) is 0 Å². The number of hydrogen-bond donors (Lipinski definition) is 1. The maximum Gasteiger partial charge on any atom is 0.329 e. The second-order valence-corrected chi connectivity index (χ2v) is 3.36. The zero-order chi connectivity index (χ0) is 12.8. The van der Waals surface area contributed by atoms with Crippen LogP contribution in [0.3, 0.4) is 0 Å². The molecule has 0 aromatic carbocycles. The largest absolute Gasteiger partial charge is 0.354 e. The summed E-state index contributed by atoms with van der Waals surface area (Å²) in [5.41, 5.74) is -0.0599. The predicted molar refractivity (Wildman–Crippen MR) is 66.4 cm³/mol. The Hall–Kier alpha value is -1.92. The lowest BCUT2D eigenvalue weighted by atomic mass is 10.4. The molecule has 0 spiro atoms. The zero-order valence-corrected chi connectivity index (χ0v) is 10.3. The van der Waals surface area contributed by atoms with Gasteiger partial charge < -0.3 is 10.2 Å². The Morgan fingerprint density at radius 3 is 2.53 bits per heavy atom. The van der Waals surface area contributed by atoms with Gasteiger partial charge in [0.1, 0.15) is 6.20 Å². The van der Waals surface area contributed by atoms with E-state index in [1.54, 1.807) is 0 Å². The van der Waals surface area contributed by atoms with Crippen molar-refractivity contribution in [1.29, 1.82) is 0 Å². The van der Waals surface area contributed by atoms with E-state index in [4.69, 9.17) is 0 Å². The molecule has 0 atom stereocenters. The van der Waals surface area contributed by atoms with Crippen molar-refractivity contribution in [1.82, 2.24) is 9.97 Å². The molecule has 0 bridgehead atoms. The van der Waals surface area contributed by atoms with Gasteiger partial charge in [-0.15, -0.1) is 0 Å². The maximum absolute atomic E-state index is 10.9. The van der Waals surface area contributed by atoms with Crippen LogP contribution in [0, 0.1) is 10.1 Å². The van der Waals surface area contributed by atoms with E-state index in [1.165, 1.54) is 6.20 Å². The smallest absolute Gasteiger partial charge is 0.329 e. The third kappa shape index (κ3) is 3.02. The van der Waals surface area contributed by atoms with Crippen LogP contribution in [0.25, 0.3) is 0 Å². The van der Waals surface area contributed by atoms with E-state index in [9.17, 15) is 10.1 Å². The summed E-state index contributed by atoms with van der Waals surface area (Å²) in [6.07, 6.45) is 1.25. The van der Waals surface area contributed by atoms with Crippen molar-refractivity contribution in [2.75, 3.05) is 29.9 Å². The highest BCUT2D eigenvalue weighted by Crippen LogP contribution is 2.25. The van der Waals surface area contributed by atoms with Crippen LogP contribution in [0.15, 0.2) is 6.20 Å². The fourth-order valence-corrected chi connectivity index (χ4v) is 1.49. The first-order valence-corrected chi connectivity index (χ1v) is 5.64. The Balaban J connectivity index is 3.19. The van der Waals surface area contributed by atoms with Crippen LogP contribution in [0.5, 0.6) is 0 Å². The quantitative estimate of drug-likeness (QED) is 0.600. The third-order valence-electron chi connectivity index (χ3n) is 2.34. The average molecular weight is 239 g/mol. The molecule has 17 heavy (non-hydrogen) atoms. The molecule has 0 aliphatic rings. The summed E-state index contributed by atoms with van der Waals surface area (Å²) in [6, 6.07) is 0. The Labute approximate surface area is 100 Å². The molecule has 0 amide bonds. The zero-order valence-electron chi connectivity index (χ0n) is 10.3. The number of aromatic nitrogens is 2. The van der Waals surface area contributed by atoms with Crippen LogP contribution in [0.1, 0.15) is 20.8 Å². The molecule has 1 aromatic heterocycles. The van der Waals surface area contributed by atoms with Gasteiger partial charge in [-0.25, -0.2) is 4.98 Å². The lowest BCUT2D eigenvalue weighted by molar-refractivity contribution is -0.384. The lowest BCUT2D eigenvalue weighted by Crippen LogP contribution is -2.24. The molecule has 0 aliphatic carbocycles. The van der Waals surface area contributed by atoms with E-state index in [1.807, 2.05) is 25.7 Å². The molecular weight excluding hydrogens is 222 g/mol. The highest BCUT2D eigenvalue weighted by atomic mass is 16.6. The molecule has 0 saturated carbocycles. The van der Waals surface area contributed by atoms with E-state index >= 15 is 0 Å². The second-order valence-electron chi connectivity index (χ2n) is 3.36. The van der Waals surface area contributed by atoms with Gasteiger partial charge in [-0.05, 0) is 20.8 Å². The molecular formula is C10H17N5O2. The van der Waals surface area contributed by atoms with Gasteiger partial charge in [0, 0.05) is 19.6 Å². The SMILES string of the molecule is CCNc1ncc([N+](=O)[O-])c(N(CC)CC)n1. The van der Waals surface area contributed by atoms with Gasteiger partial charge >= 0.3 is 5.69 Å². The van der Waals surface area contributed by atoms with Crippen molar-refractivity contribution in [2.45, 2.75) is 20.8 Å². The van der Waals surface area contributed by atoms with Crippen molar-refractivity contribution in [3.8, 4) is 0 Å². The van der Waals surface area contributed by atoms with Gasteiger partial charge in [0.2, 0.25) is 11.8 Å². The van der Waals surface area contributed by atoms with Gasteiger partial charge in [-0.3, -0.25) is 10.1 Å². The number of hydrogen-bond acceptors (Lipinski definition) is 6. The lowest BCUT2D eigenvalue weighted by Gasteiger charge is -2.19. The van der Waals surface area contributed by atoms with E-state index in [0.29, 0.717) is 31.4 Å². The highest BCUT2D eigenvalue weighted by Gasteiger charge is 2.20. The van der Waals surface area contributed by atoms with Crippen LogP contribution in [0.4, 0.5) is 17.5 Å². The average Bonchev–Trinajstić information content (AvgIpc) is 2.31. The molecule has 0 aliphatic heterocycles. The molecule has 0 fully saturated rings. The molecule has 0 saturated heterocycles. The molecule has 0 unspecified atom stereocenters. The first-order valence-electron chi connectivity index (χ1n) is 5.64. The number of nitrogens with zero attached hydrogens (tertiary/aromatic N) is 4.